The lowest BCUT2D eigenvalue weighted by atomic mass is 10.0. The van der Waals surface area contributed by atoms with Crippen molar-refractivity contribution in [3.8, 4) is 0 Å². The Labute approximate surface area is 89.1 Å². The van der Waals surface area contributed by atoms with Crippen molar-refractivity contribution < 1.29 is 0 Å². The number of anilines is 1. The Kier molecular flexibility index (Phi) is 2.50. The molecule has 2 heteroatoms. The monoisotopic (exact) mass is 196 g/mol. The van der Waals surface area contributed by atoms with E-state index >= 15 is 0 Å². The molecule has 0 bridgehead atoms. The summed E-state index contributed by atoms with van der Waals surface area (Å²) in [7, 11) is 0. The van der Waals surface area contributed by atoms with Crippen LogP contribution in [0.25, 0.3) is 5.57 Å². The Morgan fingerprint density at radius 3 is 2.07 bits per heavy atom. The summed E-state index contributed by atoms with van der Waals surface area (Å²) < 4.78 is 0. The molecule has 0 radical (unpaired) electrons. The van der Waals surface area contributed by atoms with E-state index in [-0.39, 0.29) is 0 Å². The first-order valence-corrected chi connectivity index (χ1v) is 4.72. The summed E-state index contributed by atoms with van der Waals surface area (Å²) >= 11 is 0. The zero-order chi connectivity index (χ0) is 10.7. The topological polar surface area (TPSA) is 38.9 Å². The van der Waals surface area contributed by atoms with Crippen molar-refractivity contribution in [1.29, 1.82) is 0 Å². The van der Waals surface area contributed by atoms with Crippen LogP contribution in [0.3, 0.4) is 0 Å². The van der Waals surface area contributed by atoms with E-state index in [1.165, 1.54) is 0 Å². The molecule has 0 saturated carbocycles. The lowest BCUT2D eigenvalue weighted by Crippen LogP contribution is -1.88. The molecular formula is C13H12N2. The van der Waals surface area contributed by atoms with Crippen molar-refractivity contribution in [1.82, 2.24) is 4.98 Å². The fraction of sp³-hybridized carbons (Fsp3) is 0. The normalized spacial score (nSPS) is 9.87. The standard InChI is InChI=1S/C13H12N2/c1-10(12-6-8-15-9-7-12)11-2-4-13(14)5-3-11/h2-9H,1,14H2. The van der Waals surface area contributed by atoms with Gasteiger partial charge in [-0.05, 0) is 41.0 Å². The first-order valence-electron chi connectivity index (χ1n) is 4.72. The molecule has 15 heavy (non-hydrogen) atoms. The van der Waals surface area contributed by atoms with Gasteiger partial charge in [-0.2, -0.15) is 0 Å². The number of hydrogen-bond donors (Lipinski definition) is 1. The molecule has 2 nitrogen and oxygen atoms in total. The summed E-state index contributed by atoms with van der Waals surface area (Å²) in [5, 5.41) is 0. The van der Waals surface area contributed by atoms with Gasteiger partial charge >= 0.3 is 0 Å². The third kappa shape index (κ3) is 2.05. The Bertz CT molecular complexity index is 458. The lowest BCUT2D eigenvalue weighted by Gasteiger charge is -2.05. The molecule has 0 fully saturated rings. The van der Waals surface area contributed by atoms with E-state index in [2.05, 4.69) is 11.6 Å². The molecular weight excluding hydrogens is 184 g/mol. The van der Waals surface area contributed by atoms with Crippen LogP contribution in [-0.2, 0) is 0 Å². The number of pyridine rings is 1. The summed E-state index contributed by atoms with van der Waals surface area (Å²) in [5.74, 6) is 0. The Morgan fingerprint density at radius 2 is 1.47 bits per heavy atom. The predicted molar refractivity (Wildman–Crippen MR) is 63.2 cm³/mol. The number of aromatic nitrogens is 1. The van der Waals surface area contributed by atoms with Gasteiger partial charge in [-0.3, -0.25) is 4.98 Å². The molecule has 0 aliphatic rings. The minimum Gasteiger partial charge on any atom is -0.399 e. The molecule has 0 unspecified atom stereocenters. The fourth-order valence-corrected chi connectivity index (χ4v) is 1.40. The highest BCUT2D eigenvalue weighted by molar-refractivity contribution is 5.78. The first kappa shape index (κ1) is 9.46. The van der Waals surface area contributed by atoms with Gasteiger partial charge in [0.2, 0.25) is 0 Å². The average molecular weight is 196 g/mol. The molecule has 1 aromatic carbocycles. The maximum atomic E-state index is 5.63. The number of hydrogen-bond acceptors (Lipinski definition) is 2. The summed E-state index contributed by atoms with van der Waals surface area (Å²) in [6, 6.07) is 11.6. The third-order valence-corrected chi connectivity index (χ3v) is 2.29. The maximum absolute atomic E-state index is 5.63. The van der Waals surface area contributed by atoms with E-state index in [1.807, 2.05) is 36.4 Å². The van der Waals surface area contributed by atoms with E-state index in [1.54, 1.807) is 12.4 Å². The SMILES string of the molecule is C=C(c1ccncc1)c1ccc(N)cc1. The number of nitrogen functional groups attached to an aromatic ring is 1. The van der Waals surface area contributed by atoms with E-state index < -0.39 is 0 Å². The molecule has 0 amide bonds. The van der Waals surface area contributed by atoms with Gasteiger partial charge < -0.3 is 5.73 Å². The average Bonchev–Trinajstić information content (AvgIpc) is 2.30. The van der Waals surface area contributed by atoms with Crippen LogP contribution in [0.2, 0.25) is 0 Å². The van der Waals surface area contributed by atoms with Gasteiger partial charge in [-0.1, -0.05) is 18.7 Å². The van der Waals surface area contributed by atoms with E-state index in [4.69, 9.17) is 5.73 Å². The second-order valence-corrected chi connectivity index (χ2v) is 3.34. The molecule has 2 rings (SSSR count). The highest BCUT2D eigenvalue weighted by Gasteiger charge is 2.00. The molecule has 0 aliphatic heterocycles. The third-order valence-electron chi connectivity index (χ3n) is 2.29. The molecule has 2 aromatic rings. The Balaban J connectivity index is 2.33. The van der Waals surface area contributed by atoms with Crippen LogP contribution in [-0.4, -0.2) is 4.98 Å². The zero-order valence-electron chi connectivity index (χ0n) is 8.35. The molecule has 0 aliphatic carbocycles. The first-order chi connectivity index (χ1) is 7.27. The fourth-order valence-electron chi connectivity index (χ4n) is 1.40. The minimum atomic E-state index is 0.765. The van der Waals surface area contributed by atoms with Crippen LogP contribution in [0.5, 0.6) is 0 Å². The summed E-state index contributed by atoms with van der Waals surface area (Å²) in [6.07, 6.45) is 3.52. The van der Waals surface area contributed by atoms with Gasteiger partial charge in [-0.15, -0.1) is 0 Å². The number of nitrogens with two attached hydrogens (primary N) is 1. The van der Waals surface area contributed by atoms with Gasteiger partial charge in [0.05, 0.1) is 0 Å². The molecule has 0 atom stereocenters. The summed E-state index contributed by atoms with van der Waals surface area (Å²) in [4.78, 5) is 3.97. The highest BCUT2D eigenvalue weighted by atomic mass is 14.6. The van der Waals surface area contributed by atoms with Gasteiger partial charge in [0.1, 0.15) is 0 Å². The predicted octanol–water partition coefficient (Wildman–Crippen LogP) is 2.73. The van der Waals surface area contributed by atoms with E-state index in [0.29, 0.717) is 0 Å². The van der Waals surface area contributed by atoms with Crippen molar-refractivity contribution in [3.05, 3.63) is 66.5 Å². The summed E-state index contributed by atoms with van der Waals surface area (Å²) in [5.41, 5.74) is 9.53. The molecule has 1 aromatic heterocycles. The van der Waals surface area contributed by atoms with Crippen molar-refractivity contribution in [2.24, 2.45) is 0 Å². The molecule has 0 spiro atoms. The van der Waals surface area contributed by atoms with Crippen LogP contribution in [0.4, 0.5) is 5.69 Å². The van der Waals surface area contributed by atoms with Crippen LogP contribution in [0.15, 0.2) is 55.4 Å². The lowest BCUT2D eigenvalue weighted by molar-refractivity contribution is 1.32. The van der Waals surface area contributed by atoms with Crippen LogP contribution >= 0.6 is 0 Å². The number of benzene rings is 1. The maximum Gasteiger partial charge on any atom is 0.0314 e. The Morgan fingerprint density at radius 1 is 0.933 bits per heavy atom. The number of nitrogens with zero attached hydrogens (tertiary/aromatic N) is 1. The largest absolute Gasteiger partial charge is 0.399 e. The van der Waals surface area contributed by atoms with E-state index in [9.17, 15) is 0 Å². The van der Waals surface area contributed by atoms with Gasteiger partial charge in [0, 0.05) is 18.1 Å². The number of rotatable bonds is 2. The second-order valence-electron chi connectivity index (χ2n) is 3.34. The molecule has 74 valence electrons. The Hall–Kier alpha value is -2.09. The van der Waals surface area contributed by atoms with E-state index in [0.717, 1.165) is 22.4 Å². The molecule has 0 saturated heterocycles. The van der Waals surface area contributed by atoms with Gasteiger partial charge in [0.25, 0.3) is 0 Å². The zero-order valence-corrected chi connectivity index (χ0v) is 8.35. The quantitative estimate of drug-likeness (QED) is 0.750. The minimum absolute atomic E-state index is 0.765. The van der Waals surface area contributed by atoms with Gasteiger partial charge in [0.15, 0.2) is 0 Å². The van der Waals surface area contributed by atoms with Crippen LogP contribution in [0, 0.1) is 0 Å². The van der Waals surface area contributed by atoms with Crippen LogP contribution in [0.1, 0.15) is 11.1 Å². The van der Waals surface area contributed by atoms with Crippen molar-refractivity contribution in [2.75, 3.05) is 5.73 Å². The van der Waals surface area contributed by atoms with Crippen molar-refractivity contribution in [2.45, 2.75) is 0 Å². The summed E-state index contributed by atoms with van der Waals surface area (Å²) in [6.45, 7) is 4.06. The van der Waals surface area contributed by atoms with Crippen molar-refractivity contribution in [3.63, 3.8) is 0 Å². The molecule has 2 N–H and O–H groups in total. The van der Waals surface area contributed by atoms with Crippen molar-refractivity contribution >= 4 is 11.3 Å². The highest BCUT2D eigenvalue weighted by Crippen LogP contribution is 2.21. The van der Waals surface area contributed by atoms with Crippen LogP contribution < -0.4 is 5.73 Å². The van der Waals surface area contributed by atoms with Gasteiger partial charge in [-0.25, -0.2) is 0 Å². The molecule has 1 heterocycles. The smallest absolute Gasteiger partial charge is 0.0314 e. The second kappa shape index (κ2) is 3.96.